The average molecular weight is 385 g/mol. The molecule has 0 amide bonds. The lowest BCUT2D eigenvalue weighted by molar-refractivity contribution is 0.295. The first kappa shape index (κ1) is 18.8. The molecule has 146 valence electrons. The Bertz CT molecular complexity index is 1050. The van der Waals surface area contributed by atoms with E-state index in [2.05, 4.69) is 77.3 Å². The maximum atomic E-state index is 5.85. The molecule has 0 atom stereocenters. The molecule has 2 heterocycles. The molecule has 0 fully saturated rings. The fraction of sp³-hybridized carbons (Fsp3) is 0.217. The summed E-state index contributed by atoms with van der Waals surface area (Å²) < 4.78 is 5.85. The topological polar surface area (TPSA) is 65.7 Å². The Morgan fingerprint density at radius 1 is 0.828 bits per heavy atom. The molecule has 0 radical (unpaired) electrons. The summed E-state index contributed by atoms with van der Waals surface area (Å²) in [6, 6.07) is 16.9. The van der Waals surface area contributed by atoms with Crippen molar-refractivity contribution in [2.24, 2.45) is 0 Å². The highest BCUT2D eigenvalue weighted by molar-refractivity contribution is 5.40. The van der Waals surface area contributed by atoms with Crippen molar-refractivity contribution in [2.75, 3.05) is 0 Å². The smallest absolute Gasteiger partial charge is 0.166 e. The van der Waals surface area contributed by atoms with E-state index in [-0.39, 0.29) is 5.41 Å². The van der Waals surface area contributed by atoms with Gasteiger partial charge in [0.2, 0.25) is 0 Å². The fourth-order valence-electron chi connectivity index (χ4n) is 3.13. The van der Waals surface area contributed by atoms with Gasteiger partial charge >= 0.3 is 0 Å². The SMILES string of the molecule is Cc1ccc(C(C)(C)c2ccc(OCc3ncc(-n4nccn4)cn3)cc2)cc1. The molecule has 29 heavy (non-hydrogen) atoms. The van der Waals surface area contributed by atoms with E-state index < -0.39 is 0 Å². The van der Waals surface area contributed by atoms with Crippen LogP contribution in [0.4, 0.5) is 0 Å². The van der Waals surface area contributed by atoms with Gasteiger partial charge in [-0.15, -0.1) is 4.80 Å². The van der Waals surface area contributed by atoms with Crippen molar-refractivity contribution in [1.29, 1.82) is 0 Å². The Morgan fingerprint density at radius 2 is 1.38 bits per heavy atom. The van der Waals surface area contributed by atoms with Crippen molar-refractivity contribution in [3.05, 3.63) is 95.8 Å². The molecule has 0 saturated heterocycles. The zero-order valence-corrected chi connectivity index (χ0v) is 16.8. The lowest BCUT2D eigenvalue weighted by Crippen LogP contribution is -2.18. The van der Waals surface area contributed by atoms with E-state index in [0.717, 1.165) is 5.75 Å². The first-order valence-electron chi connectivity index (χ1n) is 9.50. The Morgan fingerprint density at radius 3 is 1.97 bits per heavy atom. The van der Waals surface area contributed by atoms with Crippen LogP contribution in [0.25, 0.3) is 5.69 Å². The van der Waals surface area contributed by atoms with E-state index in [4.69, 9.17) is 4.74 Å². The van der Waals surface area contributed by atoms with Crippen LogP contribution in [0, 0.1) is 6.92 Å². The van der Waals surface area contributed by atoms with Crippen LogP contribution in [0.15, 0.2) is 73.3 Å². The van der Waals surface area contributed by atoms with Crippen molar-refractivity contribution in [2.45, 2.75) is 32.8 Å². The standard InChI is InChI=1S/C23H23N5O/c1-17-4-6-18(7-5-17)23(2,3)19-8-10-21(11-9-19)29-16-22-24-14-20(15-25-22)28-26-12-13-27-28/h4-15H,16H2,1-3H3. The number of ether oxygens (including phenoxy) is 1. The Hall–Kier alpha value is -3.54. The predicted molar refractivity (Wildman–Crippen MR) is 111 cm³/mol. The van der Waals surface area contributed by atoms with E-state index in [0.29, 0.717) is 18.1 Å². The molecular weight excluding hydrogens is 362 g/mol. The van der Waals surface area contributed by atoms with Crippen molar-refractivity contribution < 1.29 is 4.74 Å². The lowest BCUT2D eigenvalue weighted by Gasteiger charge is -2.26. The molecule has 0 N–H and O–H groups in total. The number of nitrogens with zero attached hydrogens (tertiary/aromatic N) is 5. The zero-order valence-electron chi connectivity index (χ0n) is 16.8. The largest absolute Gasteiger partial charge is 0.486 e. The lowest BCUT2D eigenvalue weighted by atomic mass is 9.78. The first-order valence-corrected chi connectivity index (χ1v) is 9.50. The van der Waals surface area contributed by atoms with Gasteiger partial charge in [0.1, 0.15) is 18.0 Å². The van der Waals surface area contributed by atoms with Crippen LogP contribution >= 0.6 is 0 Å². The maximum Gasteiger partial charge on any atom is 0.166 e. The van der Waals surface area contributed by atoms with Crippen molar-refractivity contribution >= 4 is 0 Å². The third-order valence-corrected chi connectivity index (χ3v) is 5.06. The number of benzene rings is 2. The summed E-state index contributed by atoms with van der Waals surface area (Å²) in [5.41, 5.74) is 4.43. The van der Waals surface area contributed by atoms with Crippen LogP contribution < -0.4 is 4.74 Å². The predicted octanol–water partition coefficient (Wildman–Crippen LogP) is 4.27. The van der Waals surface area contributed by atoms with Crippen LogP contribution in [-0.2, 0) is 12.0 Å². The van der Waals surface area contributed by atoms with E-state index in [9.17, 15) is 0 Å². The highest BCUT2D eigenvalue weighted by Gasteiger charge is 2.22. The number of hydrogen-bond donors (Lipinski definition) is 0. The summed E-state index contributed by atoms with van der Waals surface area (Å²) in [4.78, 5) is 10.1. The molecule has 6 heteroatoms. The van der Waals surface area contributed by atoms with E-state index in [1.807, 2.05) is 12.1 Å². The maximum absolute atomic E-state index is 5.85. The fourth-order valence-corrected chi connectivity index (χ4v) is 3.13. The minimum atomic E-state index is -0.0777. The summed E-state index contributed by atoms with van der Waals surface area (Å²) in [7, 11) is 0. The monoisotopic (exact) mass is 385 g/mol. The summed E-state index contributed by atoms with van der Waals surface area (Å²) in [6.07, 6.45) is 6.58. The van der Waals surface area contributed by atoms with Gasteiger partial charge in [-0.25, -0.2) is 9.97 Å². The van der Waals surface area contributed by atoms with Crippen LogP contribution in [0.2, 0.25) is 0 Å². The zero-order chi connectivity index (χ0) is 20.3. The molecule has 0 aliphatic carbocycles. The first-order chi connectivity index (χ1) is 14.0. The van der Waals surface area contributed by atoms with Gasteiger partial charge in [-0.3, -0.25) is 0 Å². The van der Waals surface area contributed by atoms with Gasteiger partial charge in [0, 0.05) is 5.41 Å². The molecule has 6 nitrogen and oxygen atoms in total. The molecule has 4 rings (SSSR count). The molecule has 2 aromatic carbocycles. The highest BCUT2D eigenvalue weighted by atomic mass is 16.5. The van der Waals surface area contributed by atoms with Gasteiger partial charge in [-0.2, -0.15) is 10.2 Å². The average Bonchev–Trinajstić information content (AvgIpc) is 3.28. The molecule has 0 aliphatic rings. The van der Waals surface area contributed by atoms with Gasteiger partial charge in [0.05, 0.1) is 24.8 Å². The van der Waals surface area contributed by atoms with E-state index in [1.165, 1.54) is 21.5 Å². The van der Waals surface area contributed by atoms with Crippen LogP contribution in [0.1, 0.15) is 36.4 Å². The van der Waals surface area contributed by atoms with Crippen molar-refractivity contribution in [3.63, 3.8) is 0 Å². The molecule has 0 bridgehead atoms. The van der Waals surface area contributed by atoms with Gasteiger partial charge in [-0.05, 0) is 30.2 Å². The number of aryl methyl sites for hydroxylation is 1. The second-order valence-electron chi connectivity index (χ2n) is 7.48. The Balaban J connectivity index is 1.41. The molecular formula is C23H23N5O. The van der Waals surface area contributed by atoms with Crippen LogP contribution in [0.3, 0.4) is 0 Å². The summed E-state index contributed by atoms with van der Waals surface area (Å²) >= 11 is 0. The second kappa shape index (κ2) is 7.83. The molecule has 0 spiro atoms. The summed E-state index contributed by atoms with van der Waals surface area (Å²) in [5, 5.41) is 8.12. The second-order valence-corrected chi connectivity index (χ2v) is 7.48. The van der Waals surface area contributed by atoms with Crippen molar-refractivity contribution in [3.8, 4) is 11.4 Å². The third-order valence-electron chi connectivity index (χ3n) is 5.06. The molecule has 0 saturated carbocycles. The minimum absolute atomic E-state index is 0.0777. The summed E-state index contributed by atoms with van der Waals surface area (Å²) in [5.74, 6) is 1.39. The molecule has 0 unspecified atom stereocenters. The van der Waals surface area contributed by atoms with Crippen LogP contribution in [-0.4, -0.2) is 25.0 Å². The van der Waals surface area contributed by atoms with Gasteiger partial charge in [0.15, 0.2) is 5.82 Å². The van der Waals surface area contributed by atoms with Crippen LogP contribution in [0.5, 0.6) is 5.75 Å². The molecule has 0 aliphatic heterocycles. The van der Waals surface area contributed by atoms with Crippen molar-refractivity contribution in [1.82, 2.24) is 25.0 Å². The third kappa shape index (κ3) is 4.16. The number of rotatable bonds is 6. The Labute approximate surface area is 170 Å². The minimum Gasteiger partial charge on any atom is -0.486 e. The number of aromatic nitrogens is 5. The quantitative estimate of drug-likeness (QED) is 0.496. The highest BCUT2D eigenvalue weighted by Crippen LogP contribution is 2.32. The molecule has 4 aromatic rings. The number of hydrogen-bond acceptors (Lipinski definition) is 5. The molecule has 2 aromatic heterocycles. The van der Waals surface area contributed by atoms with Gasteiger partial charge in [-0.1, -0.05) is 55.8 Å². The normalized spacial score (nSPS) is 11.4. The Kier molecular flexibility index (Phi) is 5.08. The van der Waals surface area contributed by atoms with Gasteiger partial charge < -0.3 is 4.74 Å². The van der Waals surface area contributed by atoms with Gasteiger partial charge in [0.25, 0.3) is 0 Å². The summed E-state index contributed by atoms with van der Waals surface area (Å²) in [6.45, 7) is 6.87. The van der Waals surface area contributed by atoms with E-state index >= 15 is 0 Å². The van der Waals surface area contributed by atoms with E-state index in [1.54, 1.807) is 24.8 Å².